The highest BCUT2D eigenvalue weighted by molar-refractivity contribution is 7.93. The summed E-state index contributed by atoms with van der Waals surface area (Å²) in [5, 5.41) is 2.91. The van der Waals surface area contributed by atoms with Crippen molar-refractivity contribution in [3.05, 3.63) is 64.7 Å². The summed E-state index contributed by atoms with van der Waals surface area (Å²) in [6.45, 7) is 5.84. The molecule has 0 unspecified atom stereocenters. The van der Waals surface area contributed by atoms with Gasteiger partial charge in [-0.15, -0.1) is 0 Å². The van der Waals surface area contributed by atoms with E-state index in [9.17, 15) is 13.2 Å². The number of nitrogens with zero attached hydrogens (tertiary/aromatic N) is 1. The van der Waals surface area contributed by atoms with E-state index in [1.165, 1.54) is 29.8 Å². The molecule has 1 aliphatic rings. The van der Waals surface area contributed by atoms with Gasteiger partial charge in [-0.05, 0) is 93.8 Å². The topological polar surface area (TPSA) is 75.7 Å². The molecule has 0 atom stereocenters. The highest BCUT2D eigenvalue weighted by Crippen LogP contribution is 2.31. The number of benzene rings is 2. The lowest BCUT2D eigenvalue weighted by Gasteiger charge is -2.26. The van der Waals surface area contributed by atoms with Crippen LogP contribution in [0.15, 0.2) is 52.9 Å². The Balaban J connectivity index is 1.89. The number of ether oxygens (including phenoxy) is 1. The lowest BCUT2D eigenvalue weighted by atomic mass is 9.97. The van der Waals surface area contributed by atoms with Gasteiger partial charge in [-0.3, -0.25) is 9.10 Å². The molecular weight excluding hydrogens is 436 g/mol. The van der Waals surface area contributed by atoms with Gasteiger partial charge in [0.25, 0.3) is 10.0 Å². The van der Waals surface area contributed by atoms with Gasteiger partial charge in [0.15, 0.2) is 0 Å². The standard InChI is InChI=1S/C26H34N2O4S/c1-19-10-11-24(32-4)25(17-19)33(30,31)28(23-15-20(2)14-21(3)16-23)18-26(29)27-13-12-22-8-6-5-7-9-22/h8,10-11,14-17H,5-7,9,12-13,18H2,1-4H3,(H,27,29). The van der Waals surface area contributed by atoms with Crippen LogP contribution in [0.5, 0.6) is 5.75 Å². The predicted molar refractivity (Wildman–Crippen MR) is 132 cm³/mol. The minimum Gasteiger partial charge on any atom is -0.495 e. The molecule has 0 saturated heterocycles. The van der Waals surface area contributed by atoms with Crippen molar-refractivity contribution in [2.45, 2.75) is 57.8 Å². The molecule has 178 valence electrons. The van der Waals surface area contributed by atoms with Crippen LogP contribution in [0.25, 0.3) is 0 Å². The van der Waals surface area contributed by atoms with E-state index >= 15 is 0 Å². The van der Waals surface area contributed by atoms with E-state index in [2.05, 4.69) is 11.4 Å². The third kappa shape index (κ3) is 6.38. The van der Waals surface area contributed by atoms with Crippen LogP contribution in [-0.2, 0) is 14.8 Å². The molecule has 1 amide bonds. The SMILES string of the molecule is COc1ccc(C)cc1S(=O)(=O)N(CC(=O)NCCC1=CCCCC1)c1cc(C)cc(C)c1. The normalized spacial score (nSPS) is 13.9. The average molecular weight is 471 g/mol. The molecule has 2 aromatic carbocycles. The fraction of sp³-hybridized carbons (Fsp3) is 0.423. The second-order valence-electron chi connectivity index (χ2n) is 8.72. The number of nitrogens with one attached hydrogen (secondary N) is 1. The fourth-order valence-electron chi connectivity index (χ4n) is 4.19. The maximum atomic E-state index is 13.8. The molecule has 0 aliphatic heterocycles. The van der Waals surface area contributed by atoms with Gasteiger partial charge in [0, 0.05) is 6.54 Å². The van der Waals surface area contributed by atoms with Crippen molar-refractivity contribution in [2.75, 3.05) is 24.5 Å². The third-order valence-corrected chi connectivity index (χ3v) is 7.62. The number of allylic oxidation sites excluding steroid dienone is 1. The zero-order chi connectivity index (χ0) is 24.0. The number of anilines is 1. The number of sulfonamides is 1. The fourth-order valence-corrected chi connectivity index (χ4v) is 5.84. The van der Waals surface area contributed by atoms with Gasteiger partial charge in [-0.2, -0.15) is 0 Å². The molecule has 33 heavy (non-hydrogen) atoms. The first kappa shape index (κ1) is 24.8. The lowest BCUT2D eigenvalue weighted by molar-refractivity contribution is -0.119. The second kappa shape index (κ2) is 10.9. The molecule has 2 aromatic rings. The predicted octanol–water partition coefficient (Wildman–Crippen LogP) is 4.82. The number of carbonyl (C=O) groups excluding carboxylic acids is 1. The number of rotatable bonds is 9. The van der Waals surface area contributed by atoms with Crippen LogP contribution < -0.4 is 14.4 Å². The minimum absolute atomic E-state index is 0.0457. The Bertz CT molecular complexity index is 1120. The molecule has 0 fully saturated rings. The summed E-state index contributed by atoms with van der Waals surface area (Å²) >= 11 is 0. The molecule has 0 spiro atoms. The molecule has 1 aliphatic carbocycles. The van der Waals surface area contributed by atoms with E-state index < -0.39 is 10.0 Å². The first-order chi connectivity index (χ1) is 15.7. The van der Waals surface area contributed by atoms with Crippen molar-refractivity contribution in [1.29, 1.82) is 0 Å². The van der Waals surface area contributed by atoms with Crippen LogP contribution in [0, 0.1) is 20.8 Å². The number of amides is 1. The van der Waals surface area contributed by atoms with Gasteiger partial charge in [0.05, 0.1) is 12.8 Å². The Morgan fingerprint density at radius 2 is 1.76 bits per heavy atom. The zero-order valence-electron chi connectivity index (χ0n) is 20.0. The molecule has 0 bridgehead atoms. The summed E-state index contributed by atoms with van der Waals surface area (Å²) in [5.74, 6) is -0.0830. The molecule has 0 radical (unpaired) electrons. The highest BCUT2D eigenvalue weighted by Gasteiger charge is 2.30. The number of aryl methyl sites for hydroxylation is 3. The van der Waals surface area contributed by atoms with Gasteiger partial charge in [-0.25, -0.2) is 8.42 Å². The summed E-state index contributed by atoms with van der Waals surface area (Å²) < 4.78 is 34.1. The Labute approximate surface area is 197 Å². The summed E-state index contributed by atoms with van der Waals surface area (Å²) in [6.07, 6.45) is 7.64. The van der Waals surface area contributed by atoms with Crippen LogP contribution >= 0.6 is 0 Å². The zero-order valence-corrected chi connectivity index (χ0v) is 20.8. The van der Waals surface area contributed by atoms with Crippen LogP contribution in [-0.4, -0.2) is 34.5 Å². The Morgan fingerprint density at radius 1 is 1.03 bits per heavy atom. The Hall–Kier alpha value is -2.80. The molecule has 1 N–H and O–H groups in total. The smallest absolute Gasteiger partial charge is 0.268 e. The van der Waals surface area contributed by atoms with Gasteiger partial charge < -0.3 is 10.1 Å². The van der Waals surface area contributed by atoms with Crippen LogP contribution in [0.3, 0.4) is 0 Å². The molecule has 7 heteroatoms. The molecule has 0 saturated carbocycles. The van der Waals surface area contributed by atoms with Crippen LogP contribution in [0.2, 0.25) is 0 Å². The van der Waals surface area contributed by atoms with Gasteiger partial charge in [0.2, 0.25) is 5.91 Å². The largest absolute Gasteiger partial charge is 0.495 e. The lowest BCUT2D eigenvalue weighted by Crippen LogP contribution is -2.41. The summed E-state index contributed by atoms with van der Waals surface area (Å²) in [4.78, 5) is 12.9. The first-order valence-corrected chi connectivity index (χ1v) is 12.8. The van der Waals surface area contributed by atoms with E-state index in [0.717, 1.165) is 36.0 Å². The first-order valence-electron chi connectivity index (χ1n) is 11.4. The summed E-state index contributed by atoms with van der Waals surface area (Å²) in [5.41, 5.74) is 4.46. The van der Waals surface area contributed by atoms with E-state index in [-0.39, 0.29) is 23.1 Å². The second-order valence-corrected chi connectivity index (χ2v) is 10.6. The van der Waals surface area contributed by atoms with Gasteiger partial charge in [0.1, 0.15) is 17.2 Å². The third-order valence-electron chi connectivity index (χ3n) is 5.82. The van der Waals surface area contributed by atoms with E-state index in [4.69, 9.17) is 4.74 Å². The Kier molecular flexibility index (Phi) is 8.19. The van der Waals surface area contributed by atoms with Crippen molar-refractivity contribution in [2.24, 2.45) is 0 Å². The van der Waals surface area contributed by atoms with E-state index in [0.29, 0.717) is 12.2 Å². The highest BCUT2D eigenvalue weighted by atomic mass is 32.2. The number of carbonyl (C=O) groups is 1. The monoisotopic (exact) mass is 470 g/mol. The van der Waals surface area contributed by atoms with E-state index in [1.807, 2.05) is 26.8 Å². The maximum absolute atomic E-state index is 13.8. The molecule has 0 aromatic heterocycles. The number of hydrogen-bond acceptors (Lipinski definition) is 4. The van der Waals surface area contributed by atoms with Crippen LogP contribution in [0.1, 0.15) is 48.8 Å². The quantitative estimate of drug-likeness (QED) is 0.533. The number of hydrogen-bond donors (Lipinski definition) is 1. The summed E-state index contributed by atoms with van der Waals surface area (Å²) in [6, 6.07) is 10.6. The maximum Gasteiger partial charge on any atom is 0.268 e. The number of methoxy groups -OCH3 is 1. The van der Waals surface area contributed by atoms with Crippen LogP contribution in [0.4, 0.5) is 5.69 Å². The minimum atomic E-state index is -4.06. The molecular formula is C26H34N2O4S. The molecule has 3 rings (SSSR count). The molecule has 0 heterocycles. The van der Waals surface area contributed by atoms with Crippen molar-refractivity contribution in [3.63, 3.8) is 0 Å². The van der Waals surface area contributed by atoms with E-state index in [1.54, 1.807) is 30.3 Å². The van der Waals surface area contributed by atoms with Crippen molar-refractivity contribution >= 4 is 21.6 Å². The van der Waals surface area contributed by atoms with Crippen molar-refractivity contribution in [3.8, 4) is 5.75 Å². The summed E-state index contributed by atoms with van der Waals surface area (Å²) in [7, 11) is -2.62. The molecule has 6 nitrogen and oxygen atoms in total. The Morgan fingerprint density at radius 3 is 2.39 bits per heavy atom. The van der Waals surface area contributed by atoms with Gasteiger partial charge >= 0.3 is 0 Å². The average Bonchev–Trinajstić information content (AvgIpc) is 2.77. The van der Waals surface area contributed by atoms with Gasteiger partial charge in [-0.1, -0.05) is 23.8 Å². The van der Waals surface area contributed by atoms with Crippen molar-refractivity contribution < 1.29 is 17.9 Å². The van der Waals surface area contributed by atoms with Crippen molar-refractivity contribution in [1.82, 2.24) is 5.32 Å².